The summed E-state index contributed by atoms with van der Waals surface area (Å²) in [6, 6.07) is 16.1. The first kappa shape index (κ1) is 13.9. The zero-order chi connectivity index (χ0) is 14.8. The molecule has 1 aromatic heterocycles. The van der Waals surface area contributed by atoms with Gasteiger partial charge in [0.1, 0.15) is 11.6 Å². The summed E-state index contributed by atoms with van der Waals surface area (Å²) in [6.07, 6.45) is 0. The molecule has 0 aliphatic rings. The molecule has 0 saturated heterocycles. The highest BCUT2D eigenvalue weighted by atomic mass is 79.9. The van der Waals surface area contributed by atoms with Crippen LogP contribution in [-0.4, -0.2) is 16.7 Å². The quantitative estimate of drug-likeness (QED) is 0.691. The monoisotopic (exact) mass is 342 g/mol. The molecule has 0 amide bonds. The average molecular weight is 343 g/mol. The molecule has 0 N–H and O–H groups in total. The molecule has 0 aliphatic carbocycles. The normalized spacial score (nSPS) is 10.8. The molecule has 1 heterocycles. The maximum Gasteiger partial charge on any atom is 0.141 e. The molecule has 106 valence electrons. The minimum atomic E-state index is 0.682. The minimum Gasteiger partial charge on any atom is -0.497 e. The molecule has 0 radical (unpaired) electrons. The summed E-state index contributed by atoms with van der Waals surface area (Å²) in [7, 11) is 1.67. The predicted molar refractivity (Wildman–Crippen MR) is 89.8 cm³/mol. The van der Waals surface area contributed by atoms with E-state index in [0.29, 0.717) is 6.54 Å². The molecule has 4 heteroatoms. The van der Waals surface area contributed by atoms with Gasteiger partial charge >= 0.3 is 0 Å². The number of ether oxygens (including phenoxy) is 1. The Morgan fingerprint density at radius 1 is 1.19 bits per heavy atom. The van der Waals surface area contributed by atoms with Gasteiger partial charge in [0.2, 0.25) is 0 Å². The second-order valence-corrected chi connectivity index (χ2v) is 5.88. The molecule has 0 bridgehead atoms. The van der Waals surface area contributed by atoms with Crippen molar-refractivity contribution in [1.82, 2.24) is 9.55 Å². The van der Waals surface area contributed by atoms with Crippen LogP contribution in [0.3, 0.4) is 0 Å². The van der Waals surface area contributed by atoms with Crippen molar-refractivity contribution in [3.8, 4) is 17.1 Å². The van der Waals surface area contributed by atoms with Crippen LogP contribution in [0.25, 0.3) is 22.4 Å². The van der Waals surface area contributed by atoms with Gasteiger partial charge in [0.15, 0.2) is 0 Å². The molecule has 21 heavy (non-hydrogen) atoms. The van der Waals surface area contributed by atoms with Crippen LogP contribution in [0.2, 0.25) is 0 Å². The lowest BCUT2D eigenvalue weighted by Gasteiger charge is -2.09. The van der Waals surface area contributed by atoms with Gasteiger partial charge in [0.05, 0.1) is 24.7 Å². The maximum atomic E-state index is 5.21. The van der Waals surface area contributed by atoms with Gasteiger partial charge in [-0.3, -0.25) is 0 Å². The average Bonchev–Trinajstić information content (AvgIpc) is 2.86. The van der Waals surface area contributed by atoms with Crippen molar-refractivity contribution < 1.29 is 4.74 Å². The van der Waals surface area contributed by atoms with Crippen LogP contribution in [0.5, 0.6) is 5.75 Å². The molecule has 0 aliphatic heterocycles. The van der Waals surface area contributed by atoms with Crippen LogP contribution in [0.15, 0.2) is 59.6 Å². The molecule has 3 nitrogen and oxygen atoms in total. The number of fused-ring (bicyclic) bond motifs is 1. The Morgan fingerprint density at radius 2 is 1.90 bits per heavy atom. The fraction of sp³-hybridized carbons (Fsp3) is 0.118. The Hall–Kier alpha value is -2.07. The highest BCUT2D eigenvalue weighted by Gasteiger charge is 2.12. The van der Waals surface area contributed by atoms with Crippen LogP contribution in [0.1, 0.15) is 0 Å². The van der Waals surface area contributed by atoms with Crippen molar-refractivity contribution in [3.05, 3.63) is 59.6 Å². The van der Waals surface area contributed by atoms with E-state index in [1.54, 1.807) is 7.11 Å². The van der Waals surface area contributed by atoms with E-state index in [4.69, 9.17) is 9.72 Å². The number of para-hydroxylation sites is 2. The number of hydrogen-bond acceptors (Lipinski definition) is 2. The molecule has 0 spiro atoms. The van der Waals surface area contributed by atoms with Crippen molar-refractivity contribution >= 4 is 27.0 Å². The zero-order valence-electron chi connectivity index (χ0n) is 11.7. The van der Waals surface area contributed by atoms with Gasteiger partial charge in [-0.05, 0) is 36.4 Å². The number of imidazole rings is 1. The molecule has 0 atom stereocenters. The topological polar surface area (TPSA) is 27.1 Å². The third-order valence-electron chi connectivity index (χ3n) is 3.33. The van der Waals surface area contributed by atoms with Gasteiger partial charge in [-0.15, -0.1) is 0 Å². The summed E-state index contributed by atoms with van der Waals surface area (Å²) in [5.41, 5.74) is 3.14. The molecule has 0 unspecified atom stereocenters. The highest BCUT2D eigenvalue weighted by Crippen LogP contribution is 2.27. The lowest BCUT2D eigenvalue weighted by molar-refractivity contribution is 0.415. The first-order valence-electron chi connectivity index (χ1n) is 6.62. The Bertz CT molecular complexity index is 790. The zero-order valence-corrected chi connectivity index (χ0v) is 13.3. The Morgan fingerprint density at radius 3 is 2.57 bits per heavy atom. The van der Waals surface area contributed by atoms with E-state index in [2.05, 4.69) is 33.1 Å². The van der Waals surface area contributed by atoms with Crippen molar-refractivity contribution in [2.45, 2.75) is 6.54 Å². The number of methoxy groups -OCH3 is 1. The van der Waals surface area contributed by atoms with E-state index in [-0.39, 0.29) is 0 Å². The van der Waals surface area contributed by atoms with Crippen LogP contribution < -0.4 is 4.74 Å². The molecule has 0 fully saturated rings. The highest BCUT2D eigenvalue weighted by molar-refractivity contribution is 9.11. The fourth-order valence-electron chi connectivity index (χ4n) is 2.37. The molecular weight excluding hydrogens is 328 g/mol. The number of hydrogen-bond donors (Lipinski definition) is 0. The standard InChI is InChI=1S/C17H15BrN2O/c1-12(18)11-20-16-6-4-3-5-15(16)19-17(20)13-7-9-14(21-2)10-8-13/h3-10H,1,11H2,2H3. The lowest BCUT2D eigenvalue weighted by atomic mass is 10.2. The van der Waals surface area contributed by atoms with Crippen molar-refractivity contribution in [3.63, 3.8) is 0 Å². The number of allylic oxidation sites excluding steroid dienone is 1. The van der Waals surface area contributed by atoms with E-state index in [0.717, 1.165) is 32.7 Å². The molecular formula is C17H15BrN2O. The second kappa shape index (κ2) is 5.74. The molecule has 2 aromatic carbocycles. The van der Waals surface area contributed by atoms with Crippen LogP contribution in [0.4, 0.5) is 0 Å². The number of halogens is 1. The lowest BCUT2D eigenvalue weighted by Crippen LogP contribution is -2.00. The largest absolute Gasteiger partial charge is 0.497 e. The van der Waals surface area contributed by atoms with Crippen LogP contribution >= 0.6 is 15.9 Å². The summed E-state index contributed by atoms with van der Waals surface area (Å²) >= 11 is 3.45. The SMILES string of the molecule is C=C(Br)Cn1c(-c2ccc(OC)cc2)nc2ccccc21. The van der Waals surface area contributed by atoms with Gasteiger partial charge < -0.3 is 9.30 Å². The smallest absolute Gasteiger partial charge is 0.141 e. The summed E-state index contributed by atoms with van der Waals surface area (Å²) in [5, 5.41) is 0. The number of rotatable bonds is 4. The predicted octanol–water partition coefficient (Wildman–Crippen LogP) is 4.62. The Kier molecular flexibility index (Phi) is 3.80. The molecule has 3 rings (SSSR count). The summed E-state index contributed by atoms with van der Waals surface area (Å²) in [4.78, 5) is 4.75. The van der Waals surface area contributed by atoms with Gasteiger partial charge in [-0.2, -0.15) is 0 Å². The fourth-order valence-corrected chi connectivity index (χ4v) is 2.62. The Labute approximate surface area is 132 Å². The number of nitrogens with zero attached hydrogens (tertiary/aromatic N) is 2. The van der Waals surface area contributed by atoms with E-state index in [1.165, 1.54) is 0 Å². The van der Waals surface area contributed by atoms with Gasteiger partial charge in [-0.25, -0.2) is 4.98 Å². The van der Waals surface area contributed by atoms with Crippen molar-refractivity contribution in [2.75, 3.05) is 7.11 Å². The second-order valence-electron chi connectivity index (χ2n) is 4.76. The van der Waals surface area contributed by atoms with E-state index < -0.39 is 0 Å². The third kappa shape index (κ3) is 2.72. The van der Waals surface area contributed by atoms with E-state index >= 15 is 0 Å². The molecule has 0 saturated carbocycles. The van der Waals surface area contributed by atoms with Gasteiger partial charge in [0.25, 0.3) is 0 Å². The van der Waals surface area contributed by atoms with Crippen LogP contribution in [0, 0.1) is 0 Å². The van der Waals surface area contributed by atoms with E-state index in [9.17, 15) is 0 Å². The maximum absolute atomic E-state index is 5.21. The van der Waals surface area contributed by atoms with Gasteiger partial charge in [0, 0.05) is 10.0 Å². The Balaban J connectivity index is 2.17. The van der Waals surface area contributed by atoms with Crippen LogP contribution in [-0.2, 0) is 6.54 Å². The van der Waals surface area contributed by atoms with Crippen molar-refractivity contribution in [1.29, 1.82) is 0 Å². The van der Waals surface area contributed by atoms with E-state index in [1.807, 2.05) is 42.5 Å². The summed E-state index contributed by atoms with van der Waals surface area (Å²) in [5.74, 6) is 1.77. The summed E-state index contributed by atoms with van der Waals surface area (Å²) < 4.78 is 8.29. The first-order chi connectivity index (χ1) is 10.2. The number of aromatic nitrogens is 2. The first-order valence-corrected chi connectivity index (χ1v) is 7.41. The van der Waals surface area contributed by atoms with Gasteiger partial charge in [-0.1, -0.05) is 34.6 Å². The third-order valence-corrected chi connectivity index (χ3v) is 3.58. The summed E-state index contributed by atoms with van der Waals surface area (Å²) in [6.45, 7) is 4.63. The number of benzene rings is 2. The minimum absolute atomic E-state index is 0.682. The molecule has 3 aromatic rings. The van der Waals surface area contributed by atoms with Crippen molar-refractivity contribution in [2.24, 2.45) is 0 Å².